The number of benzene rings is 2. The highest BCUT2D eigenvalue weighted by atomic mass is 35.5. The van der Waals surface area contributed by atoms with Crippen LogP contribution in [0.5, 0.6) is 5.75 Å². The van der Waals surface area contributed by atoms with Gasteiger partial charge in [0.05, 0.1) is 17.5 Å². The molecule has 8 heteroatoms. The summed E-state index contributed by atoms with van der Waals surface area (Å²) in [4.78, 5) is 18.5. The molecule has 0 bridgehead atoms. The maximum Gasteiger partial charge on any atom is 0.232 e. The maximum atomic E-state index is 13.7. The first-order valence-electron chi connectivity index (χ1n) is 8.87. The van der Waals surface area contributed by atoms with Gasteiger partial charge in [0.15, 0.2) is 0 Å². The molecule has 0 spiro atoms. The highest BCUT2D eigenvalue weighted by Crippen LogP contribution is 2.33. The normalized spacial score (nSPS) is 16.6. The van der Waals surface area contributed by atoms with Gasteiger partial charge in [0.2, 0.25) is 17.6 Å². The van der Waals surface area contributed by atoms with Gasteiger partial charge in [-0.05, 0) is 49.4 Å². The first-order valence-corrected chi connectivity index (χ1v) is 9.25. The van der Waals surface area contributed by atoms with Gasteiger partial charge >= 0.3 is 0 Å². The number of carbonyl (C=O) groups is 1. The van der Waals surface area contributed by atoms with Crippen LogP contribution < -0.4 is 9.64 Å². The molecule has 144 valence electrons. The second kappa shape index (κ2) is 7.59. The van der Waals surface area contributed by atoms with E-state index in [4.69, 9.17) is 20.9 Å². The van der Waals surface area contributed by atoms with Crippen molar-refractivity contribution < 1.29 is 18.4 Å². The lowest BCUT2D eigenvalue weighted by Crippen LogP contribution is -2.24. The number of aromatic nitrogens is 2. The molecule has 1 unspecified atom stereocenters. The summed E-state index contributed by atoms with van der Waals surface area (Å²) in [6.45, 7) is 2.93. The van der Waals surface area contributed by atoms with E-state index in [1.807, 2.05) is 31.2 Å². The van der Waals surface area contributed by atoms with Gasteiger partial charge in [-0.2, -0.15) is 4.98 Å². The van der Waals surface area contributed by atoms with E-state index in [1.165, 1.54) is 12.1 Å². The minimum absolute atomic E-state index is 0.0218. The standard InChI is InChI=1S/C20H17ClFN3O3/c1-2-27-15-6-4-14(5-7-15)25-11-13(10-18(25)26)20-23-19(24-28-20)12-3-8-16(21)17(22)9-12/h3-9,13H,2,10-11H2,1H3. The maximum absolute atomic E-state index is 13.7. The van der Waals surface area contributed by atoms with Crippen LogP contribution >= 0.6 is 11.6 Å². The van der Waals surface area contributed by atoms with E-state index in [2.05, 4.69) is 10.1 Å². The predicted octanol–water partition coefficient (Wildman–Crippen LogP) is 4.45. The van der Waals surface area contributed by atoms with Crippen molar-refractivity contribution in [3.8, 4) is 17.1 Å². The van der Waals surface area contributed by atoms with E-state index in [0.717, 1.165) is 11.4 Å². The predicted molar refractivity (Wildman–Crippen MR) is 102 cm³/mol. The summed E-state index contributed by atoms with van der Waals surface area (Å²) in [5, 5.41) is 3.94. The molecule has 1 aliphatic heterocycles. The molecule has 28 heavy (non-hydrogen) atoms. The lowest BCUT2D eigenvalue weighted by atomic mass is 10.1. The van der Waals surface area contributed by atoms with Gasteiger partial charge in [0.1, 0.15) is 11.6 Å². The second-order valence-corrected chi connectivity index (χ2v) is 6.82. The molecule has 6 nitrogen and oxygen atoms in total. The quantitative estimate of drug-likeness (QED) is 0.631. The Bertz CT molecular complexity index is 1010. The number of amides is 1. The van der Waals surface area contributed by atoms with Gasteiger partial charge in [-0.15, -0.1) is 0 Å². The van der Waals surface area contributed by atoms with Crippen molar-refractivity contribution in [3.05, 3.63) is 59.2 Å². The highest BCUT2D eigenvalue weighted by molar-refractivity contribution is 6.30. The fourth-order valence-corrected chi connectivity index (χ4v) is 3.28. The average Bonchev–Trinajstić information content (AvgIpc) is 3.32. The van der Waals surface area contributed by atoms with Gasteiger partial charge in [0.25, 0.3) is 0 Å². The number of hydrogen-bond donors (Lipinski definition) is 0. The summed E-state index contributed by atoms with van der Waals surface area (Å²) in [6, 6.07) is 11.7. The first-order chi connectivity index (χ1) is 13.5. The van der Waals surface area contributed by atoms with Gasteiger partial charge in [-0.1, -0.05) is 16.8 Å². The van der Waals surface area contributed by atoms with Crippen LogP contribution in [0.2, 0.25) is 5.02 Å². The molecule has 3 aromatic rings. The molecule has 1 aromatic heterocycles. The molecule has 2 aromatic carbocycles. The van der Waals surface area contributed by atoms with Crippen molar-refractivity contribution in [3.63, 3.8) is 0 Å². The molecule has 0 radical (unpaired) electrons. The smallest absolute Gasteiger partial charge is 0.232 e. The molecule has 0 aliphatic carbocycles. The molecule has 0 N–H and O–H groups in total. The third-order valence-corrected chi connectivity index (χ3v) is 4.86. The van der Waals surface area contributed by atoms with Crippen LogP contribution in [0.25, 0.3) is 11.4 Å². The van der Waals surface area contributed by atoms with Gasteiger partial charge in [0, 0.05) is 24.2 Å². The summed E-state index contributed by atoms with van der Waals surface area (Å²) < 4.78 is 24.4. The van der Waals surface area contributed by atoms with Gasteiger partial charge in [-0.25, -0.2) is 4.39 Å². The Labute approximate surface area is 165 Å². The summed E-state index contributed by atoms with van der Waals surface area (Å²) in [5.74, 6) is 0.572. The second-order valence-electron chi connectivity index (χ2n) is 6.42. The first kappa shape index (κ1) is 18.4. The molecule has 0 saturated carbocycles. The number of nitrogens with zero attached hydrogens (tertiary/aromatic N) is 3. The van der Waals surface area contributed by atoms with Gasteiger partial charge in [-0.3, -0.25) is 4.79 Å². The third-order valence-electron chi connectivity index (χ3n) is 4.55. The van der Waals surface area contributed by atoms with E-state index in [0.29, 0.717) is 24.6 Å². The van der Waals surface area contributed by atoms with E-state index in [-0.39, 0.29) is 29.1 Å². The Kier molecular flexibility index (Phi) is 5.00. The Balaban J connectivity index is 1.51. The fraction of sp³-hybridized carbons (Fsp3) is 0.250. The van der Waals surface area contributed by atoms with Crippen LogP contribution in [-0.4, -0.2) is 29.2 Å². The van der Waals surface area contributed by atoms with Crippen LogP contribution in [0.1, 0.15) is 25.2 Å². The fourth-order valence-electron chi connectivity index (χ4n) is 3.17. The number of ether oxygens (including phenoxy) is 1. The summed E-state index contributed by atoms with van der Waals surface area (Å²) in [5.41, 5.74) is 1.25. The van der Waals surface area contributed by atoms with Crippen molar-refractivity contribution in [1.29, 1.82) is 0 Å². The lowest BCUT2D eigenvalue weighted by Gasteiger charge is -2.16. The zero-order valence-electron chi connectivity index (χ0n) is 15.1. The van der Waals surface area contributed by atoms with Crippen molar-refractivity contribution in [2.45, 2.75) is 19.3 Å². The average molecular weight is 402 g/mol. The van der Waals surface area contributed by atoms with E-state index >= 15 is 0 Å². The van der Waals surface area contributed by atoms with Crippen LogP contribution in [0.3, 0.4) is 0 Å². The minimum Gasteiger partial charge on any atom is -0.494 e. The Morgan fingerprint density at radius 1 is 1.29 bits per heavy atom. The molecule has 1 atom stereocenters. The SMILES string of the molecule is CCOc1ccc(N2CC(c3nc(-c4ccc(Cl)c(F)c4)no3)CC2=O)cc1. The van der Waals surface area contributed by atoms with Crippen LogP contribution in [0.4, 0.5) is 10.1 Å². The molecule has 4 rings (SSSR count). The number of carbonyl (C=O) groups excluding carboxylic acids is 1. The summed E-state index contributed by atoms with van der Waals surface area (Å²) in [7, 11) is 0. The topological polar surface area (TPSA) is 68.5 Å². The Morgan fingerprint density at radius 2 is 2.07 bits per heavy atom. The number of halogens is 2. The molecular weight excluding hydrogens is 385 g/mol. The molecule has 1 amide bonds. The van der Waals surface area contributed by atoms with Crippen molar-refractivity contribution in [2.75, 3.05) is 18.1 Å². The van der Waals surface area contributed by atoms with E-state index < -0.39 is 5.82 Å². The van der Waals surface area contributed by atoms with Crippen LogP contribution in [-0.2, 0) is 4.79 Å². The van der Waals surface area contributed by atoms with E-state index in [9.17, 15) is 9.18 Å². The zero-order valence-corrected chi connectivity index (χ0v) is 15.8. The van der Waals surface area contributed by atoms with Gasteiger partial charge < -0.3 is 14.2 Å². The monoisotopic (exact) mass is 401 g/mol. The van der Waals surface area contributed by atoms with E-state index in [1.54, 1.807) is 11.0 Å². The molecule has 1 fully saturated rings. The number of hydrogen-bond acceptors (Lipinski definition) is 5. The Morgan fingerprint density at radius 3 is 2.79 bits per heavy atom. The van der Waals surface area contributed by atoms with Crippen LogP contribution in [0, 0.1) is 5.82 Å². The Hall–Kier alpha value is -2.93. The molecule has 1 saturated heterocycles. The zero-order chi connectivity index (χ0) is 19.7. The third kappa shape index (κ3) is 3.57. The summed E-state index contributed by atoms with van der Waals surface area (Å²) >= 11 is 5.70. The molecule has 2 heterocycles. The highest BCUT2D eigenvalue weighted by Gasteiger charge is 2.35. The summed E-state index contributed by atoms with van der Waals surface area (Å²) in [6.07, 6.45) is 0.268. The number of rotatable bonds is 5. The largest absolute Gasteiger partial charge is 0.494 e. The van der Waals surface area contributed by atoms with Crippen LogP contribution in [0.15, 0.2) is 47.0 Å². The number of anilines is 1. The van der Waals surface area contributed by atoms with Crippen molar-refractivity contribution in [1.82, 2.24) is 10.1 Å². The molecule has 1 aliphatic rings. The molecular formula is C20H17ClFN3O3. The minimum atomic E-state index is -0.553. The van der Waals surface area contributed by atoms with Crippen molar-refractivity contribution >= 4 is 23.2 Å². The lowest BCUT2D eigenvalue weighted by molar-refractivity contribution is -0.117. The van der Waals surface area contributed by atoms with Crippen molar-refractivity contribution in [2.24, 2.45) is 0 Å².